The van der Waals surface area contributed by atoms with Crippen molar-refractivity contribution in [3.63, 3.8) is 0 Å². The van der Waals surface area contributed by atoms with E-state index in [0.29, 0.717) is 5.82 Å². The van der Waals surface area contributed by atoms with Crippen LogP contribution < -0.4 is 21.7 Å². The van der Waals surface area contributed by atoms with Gasteiger partial charge in [0.25, 0.3) is 11.8 Å². The van der Waals surface area contributed by atoms with Gasteiger partial charge >= 0.3 is 12.1 Å². The molecule has 0 aromatic carbocycles. The van der Waals surface area contributed by atoms with E-state index in [1.54, 1.807) is 12.3 Å². The summed E-state index contributed by atoms with van der Waals surface area (Å²) in [5.41, 5.74) is 4.99. The third kappa shape index (κ3) is 6.84. The zero-order valence-electron chi connectivity index (χ0n) is 22.8. The molecule has 3 aromatic heterocycles. The number of carbonyl (C=O) groups excluding carboxylic acids is 4. The molecule has 3 amide bonds. The number of anilines is 2. The lowest BCUT2D eigenvalue weighted by Gasteiger charge is -2.33. The summed E-state index contributed by atoms with van der Waals surface area (Å²) >= 11 is 0. The lowest BCUT2D eigenvalue weighted by molar-refractivity contribution is -0.141. The smallest absolute Gasteiger partial charge is 0.407 e. The van der Waals surface area contributed by atoms with Crippen LogP contribution >= 0.6 is 0 Å². The number of carbonyl (C=O) groups is 4. The second-order valence-electron chi connectivity index (χ2n) is 10.4. The maximum absolute atomic E-state index is 13.2. The first-order chi connectivity index (χ1) is 18.9. The molecule has 1 aliphatic carbocycles. The first-order valence-corrected chi connectivity index (χ1v) is 12.8. The van der Waals surface area contributed by atoms with E-state index in [1.165, 1.54) is 24.0 Å². The lowest BCUT2D eigenvalue weighted by atomic mass is 9.90. The molecule has 0 unspecified atom stereocenters. The summed E-state index contributed by atoms with van der Waals surface area (Å²) in [5, 5.41) is 17.1. The van der Waals surface area contributed by atoms with E-state index < -0.39 is 29.5 Å². The molecule has 0 bridgehead atoms. The van der Waals surface area contributed by atoms with Crippen LogP contribution in [-0.4, -0.2) is 73.0 Å². The van der Waals surface area contributed by atoms with Crippen molar-refractivity contribution in [1.29, 1.82) is 0 Å². The van der Waals surface area contributed by atoms with E-state index in [1.807, 2.05) is 20.8 Å². The van der Waals surface area contributed by atoms with Crippen molar-refractivity contribution in [2.75, 3.05) is 17.7 Å². The number of esters is 1. The van der Waals surface area contributed by atoms with Crippen LogP contribution in [-0.2, 0) is 20.8 Å². The predicted molar refractivity (Wildman–Crippen MR) is 143 cm³/mol. The zero-order chi connectivity index (χ0) is 29.0. The second-order valence-corrected chi connectivity index (χ2v) is 10.4. The Kier molecular flexibility index (Phi) is 8.21. The van der Waals surface area contributed by atoms with Crippen molar-refractivity contribution < 1.29 is 28.7 Å². The largest absolute Gasteiger partial charge is 0.468 e. The highest BCUT2D eigenvalue weighted by molar-refractivity contribution is 6.10. The Labute approximate surface area is 229 Å². The SMILES string of the molecule is COC(=O)Cn1cc(NC(=O)c2cnn3ccc(N[C@@H]4CCCC[C@@H]4NC(=O)OC(C)(C)C)nc23)c(C(N)=O)n1. The third-order valence-corrected chi connectivity index (χ3v) is 6.18. The van der Waals surface area contributed by atoms with Crippen LogP contribution in [0.15, 0.2) is 24.7 Å². The van der Waals surface area contributed by atoms with Gasteiger partial charge in [0.2, 0.25) is 0 Å². The number of fused-ring (bicyclic) bond motifs is 1. The molecular formula is C25H33N9O6. The molecule has 15 nitrogen and oxygen atoms in total. The molecule has 2 atom stereocenters. The summed E-state index contributed by atoms with van der Waals surface area (Å²) in [5.74, 6) is -1.59. The number of nitrogens with zero attached hydrogens (tertiary/aromatic N) is 5. The fourth-order valence-corrected chi connectivity index (χ4v) is 4.40. The van der Waals surface area contributed by atoms with Gasteiger partial charge in [-0.15, -0.1) is 0 Å². The van der Waals surface area contributed by atoms with E-state index in [4.69, 9.17) is 10.5 Å². The monoisotopic (exact) mass is 555 g/mol. The third-order valence-electron chi connectivity index (χ3n) is 6.18. The van der Waals surface area contributed by atoms with E-state index in [-0.39, 0.29) is 41.2 Å². The van der Waals surface area contributed by atoms with Gasteiger partial charge in [-0.1, -0.05) is 12.8 Å². The van der Waals surface area contributed by atoms with Crippen LogP contribution in [0.1, 0.15) is 67.3 Å². The number of hydrogen-bond acceptors (Lipinski definition) is 10. The Morgan fingerprint density at radius 1 is 1.15 bits per heavy atom. The molecule has 4 rings (SSSR count). The number of ether oxygens (including phenoxy) is 2. The number of rotatable bonds is 8. The van der Waals surface area contributed by atoms with Crippen molar-refractivity contribution in [2.45, 2.75) is 70.7 Å². The van der Waals surface area contributed by atoms with Crippen molar-refractivity contribution in [3.8, 4) is 0 Å². The number of nitrogens with one attached hydrogen (secondary N) is 3. The van der Waals surface area contributed by atoms with Crippen molar-refractivity contribution in [3.05, 3.63) is 35.9 Å². The fourth-order valence-electron chi connectivity index (χ4n) is 4.40. The number of methoxy groups -OCH3 is 1. The number of alkyl carbamates (subject to hydrolysis) is 1. The van der Waals surface area contributed by atoms with Crippen LogP contribution in [0.5, 0.6) is 0 Å². The van der Waals surface area contributed by atoms with Gasteiger partial charge in [-0.25, -0.2) is 14.3 Å². The number of primary amides is 1. The Morgan fingerprint density at radius 3 is 2.55 bits per heavy atom. The minimum absolute atomic E-state index is 0.0216. The summed E-state index contributed by atoms with van der Waals surface area (Å²) in [7, 11) is 1.22. The summed E-state index contributed by atoms with van der Waals surface area (Å²) in [6.07, 6.45) is 7.38. The quantitative estimate of drug-likeness (QED) is 0.297. The summed E-state index contributed by atoms with van der Waals surface area (Å²) in [6, 6.07) is 1.46. The van der Waals surface area contributed by atoms with Crippen molar-refractivity contribution in [1.82, 2.24) is 29.7 Å². The highest BCUT2D eigenvalue weighted by Crippen LogP contribution is 2.23. The van der Waals surface area contributed by atoms with Gasteiger partial charge < -0.3 is 31.2 Å². The Hall–Kier alpha value is -4.69. The van der Waals surface area contributed by atoms with E-state index in [2.05, 4.69) is 35.9 Å². The van der Waals surface area contributed by atoms with E-state index >= 15 is 0 Å². The lowest BCUT2D eigenvalue weighted by Crippen LogP contribution is -2.49. The Bertz CT molecular complexity index is 1420. The van der Waals surface area contributed by atoms with Gasteiger partial charge in [-0.2, -0.15) is 10.2 Å². The van der Waals surface area contributed by atoms with Gasteiger partial charge in [-0.05, 0) is 39.7 Å². The van der Waals surface area contributed by atoms with Crippen LogP contribution in [0.3, 0.4) is 0 Å². The number of nitrogens with two attached hydrogens (primary N) is 1. The maximum Gasteiger partial charge on any atom is 0.407 e. The van der Waals surface area contributed by atoms with Gasteiger partial charge in [-0.3, -0.25) is 19.1 Å². The molecule has 5 N–H and O–H groups in total. The molecule has 0 aliphatic heterocycles. The van der Waals surface area contributed by atoms with E-state index in [9.17, 15) is 19.2 Å². The standard InChI is InChI=1S/C25H33N9O6/c1-25(2,3)40-24(38)30-16-8-6-5-7-15(16)28-18-9-10-34-22(31-18)14(11-27-34)23(37)29-17-12-33(13-19(35)39-4)32-20(17)21(26)36/h9-12,15-16H,5-8,13H2,1-4H3,(H2,26,36)(H,28,31)(H,29,37)(H,30,38)/t15-,16+/m1/s1. The highest BCUT2D eigenvalue weighted by Gasteiger charge is 2.29. The molecule has 0 radical (unpaired) electrons. The van der Waals surface area contributed by atoms with Gasteiger partial charge in [0.1, 0.15) is 23.5 Å². The predicted octanol–water partition coefficient (Wildman–Crippen LogP) is 1.70. The molecule has 0 spiro atoms. The maximum atomic E-state index is 13.2. The number of amides is 3. The summed E-state index contributed by atoms with van der Waals surface area (Å²) < 4.78 is 12.6. The zero-order valence-corrected chi connectivity index (χ0v) is 22.8. The molecule has 214 valence electrons. The van der Waals surface area contributed by atoms with Crippen LogP contribution in [0.25, 0.3) is 5.65 Å². The number of hydrogen-bond donors (Lipinski definition) is 4. The van der Waals surface area contributed by atoms with Gasteiger partial charge in [0, 0.05) is 12.2 Å². The molecule has 40 heavy (non-hydrogen) atoms. The highest BCUT2D eigenvalue weighted by atomic mass is 16.6. The first-order valence-electron chi connectivity index (χ1n) is 12.8. The van der Waals surface area contributed by atoms with Crippen molar-refractivity contribution >= 4 is 41.0 Å². The average Bonchev–Trinajstić information content (AvgIpc) is 3.47. The molecule has 1 saturated carbocycles. The topological polar surface area (TPSA) is 197 Å². The second kappa shape index (κ2) is 11.6. The first kappa shape index (κ1) is 28.3. The average molecular weight is 556 g/mol. The van der Waals surface area contributed by atoms with Crippen LogP contribution in [0, 0.1) is 0 Å². The minimum atomic E-state index is -0.884. The van der Waals surface area contributed by atoms with Crippen LogP contribution in [0.4, 0.5) is 16.3 Å². The molecule has 15 heteroatoms. The normalized spacial score (nSPS) is 17.2. The molecule has 0 saturated heterocycles. The summed E-state index contributed by atoms with van der Waals surface area (Å²) in [4.78, 5) is 53.6. The van der Waals surface area contributed by atoms with Crippen LogP contribution in [0.2, 0.25) is 0 Å². The minimum Gasteiger partial charge on any atom is -0.468 e. The molecule has 3 heterocycles. The molecular weight excluding hydrogens is 522 g/mol. The van der Waals surface area contributed by atoms with Crippen molar-refractivity contribution in [2.24, 2.45) is 5.73 Å². The molecule has 1 aliphatic rings. The fraction of sp³-hybridized carbons (Fsp3) is 0.480. The molecule has 1 fully saturated rings. The van der Waals surface area contributed by atoms with Gasteiger partial charge in [0.15, 0.2) is 11.3 Å². The Balaban J connectivity index is 1.52. The number of aromatic nitrogens is 5. The Morgan fingerprint density at radius 2 is 1.88 bits per heavy atom. The van der Waals surface area contributed by atoms with Gasteiger partial charge in [0.05, 0.1) is 31.2 Å². The summed E-state index contributed by atoms with van der Waals surface area (Å²) in [6.45, 7) is 5.16. The van der Waals surface area contributed by atoms with E-state index in [0.717, 1.165) is 30.4 Å². The molecule has 3 aromatic rings.